The first-order chi connectivity index (χ1) is 9.02. The molecule has 0 aromatic carbocycles. The number of alkyl halides is 3. The van der Waals surface area contributed by atoms with Crippen molar-refractivity contribution in [2.45, 2.75) is 16.1 Å². The van der Waals surface area contributed by atoms with Gasteiger partial charge in [0, 0.05) is 23.5 Å². The third kappa shape index (κ3) is 3.00. The van der Waals surface area contributed by atoms with Gasteiger partial charge in [-0.1, -0.05) is 11.8 Å². The highest BCUT2D eigenvalue weighted by Crippen LogP contribution is 2.37. The van der Waals surface area contributed by atoms with E-state index in [4.69, 9.17) is 5.26 Å². The lowest BCUT2D eigenvalue weighted by Crippen LogP contribution is -2.09. The number of nitriles is 1. The van der Waals surface area contributed by atoms with E-state index < -0.39 is 11.9 Å². The number of aromatic nitrogens is 3. The molecule has 4 nitrogen and oxygen atoms in total. The fourth-order valence-electron chi connectivity index (χ4n) is 1.27. The molecule has 0 spiro atoms. The molecule has 0 aliphatic carbocycles. The summed E-state index contributed by atoms with van der Waals surface area (Å²) in [7, 11) is 0. The van der Waals surface area contributed by atoms with Crippen molar-refractivity contribution < 1.29 is 13.2 Å². The third-order valence-corrected chi connectivity index (χ3v) is 3.06. The number of hydrogen-bond donors (Lipinski definition) is 0. The van der Waals surface area contributed by atoms with Crippen LogP contribution in [-0.4, -0.2) is 15.0 Å². The van der Waals surface area contributed by atoms with Gasteiger partial charge in [0.05, 0.1) is 0 Å². The third-order valence-electron chi connectivity index (χ3n) is 2.02. The van der Waals surface area contributed by atoms with E-state index in [1.165, 1.54) is 24.5 Å². The lowest BCUT2D eigenvalue weighted by atomic mass is 10.3. The van der Waals surface area contributed by atoms with Crippen molar-refractivity contribution >= 4 is 11.8 Å². The molecule has 0 amide bonds. The summed E-state index contributed by atoms with van der Waals surface area (Å²) in [4.78, 5) is 10.8. The maximum absolute atomic E-state index is 12.8. The second-order valence-corrected chi connectivity index (χ2v) is 4.30. The van der Waals surface area contributed by atoms with E-state index in [0.717, 1.165) is 6.20 Å². The number of halogens is 3. The van der Waals surface area contributed by atoms with Crippen LogP contribution in [0.15, 0.2) is 40.6 Å². The van der Waals surface area contributed by atoms with Crippen LogP contribution in [0.25, 0.3) is 0 Å². The van der Waals surface area contributed by atoms with Gasteiger partial charge in [-0.25, -0.2) is 9.97 Å². The first kappa shape index (κ1) is 13.3. The zero-order valence-corrected chi connectivity index (χ0v) is 10.0. The van der Waals surface area contributed by atoms with Crippen LogP contribution in [0.4, 0.5) is 13.2 Å². The van der Waals surface area contributed by atoms with Crippen molar-refractivity contribution in [3.8, 4) is 6.07 Å². The average molecular weight is 282 g/mol. The minimum Gasteiger partial charge on any atom is -0.251 e. The summed E-state index contributed by atoms with van der Waals surface area (Å²) >= 11 is 0.714. The zero-order valence-electron chi connectivity index (χ0n) is 9.22. The molecule has 0 bridgehead atoms. The molecule has 2 aromatic heterocycles. The minimum absolute atomic E-state index is 0.0236. The van der Waals surface area contributed by atoms with Crippen molar-refractivity contribution in [2.75, 3.05) is 0 Å². The van der Waals surface area contributed by atoms with Gasteiger partial charge in [0.2, 0.25) is 0 Å². The Bertz CT molecular complexity index is 636. The van der Waals surface area contributed by atoms with E-state index in [0.29, 0.717) is 11.8 Å². The van der Waals surface area contributed by atoms with Crippen LogP contribution in [0.2, 0.25) is 0 Å². The zero-order chi connectivity index (χ0) is 13.9. The molecule has 0 atom stereocenters. The quantitative estimate of drug-likeness (QED) is 0.847. The lowest BCUT2D eigenvalue weighted by Gasteiger charge is -2.10. The maximum atomic E-state index is 12.8. The summed E-state index contributed by atoms with van der Waals surface area (Å²) < 4.78 is 38.3. The van der Waals surface area contributed by atoms with Crippen LogP contribution in [-0.2, 0) is 6.18 Å². The van der Waals surface area contributed by atoms with Crippen LogP contribution in [0.5, 0.6) is 0 Å². The van der Waals surface area contributed by atoms with Gasteiger partial charge < -0.3 is 0 Å². The van der Waals surface area contributed by atoms with E-state index in [1.807, 2.05) is 0 Å². The summed E-state index contributed by atoms with van der Waals surface area (Å²) in [5.74, 6) is 0. The molecule has 2 heterocycles. The van der Waals surface area contributed by atoms with Gasteiger partial charge in [0.1, 0.15) is 11.1 Å². The van der Waals surface area contributed by atoms with Crippen molar-refractivity contribution in [1.29, 1.82) is 5.26 Å². The topological polar surface area (TPSA) is 62.5 Å². The molecule has 0 saturated carbocycles. The van der Waals surface area contributed by atoms with Crippen molar-refractivity contribution in [3.63, 3.8) is 0 Å². The number of rotatable bonds is 2. The highest BCUT2D eigenvalue weighted by atomic mass is 32.2. The SMILES string of the molecule is N#Cc1nccnc1Sc1cccnc1C(F)(F)F. The van der Waals surface area contributed by atoms with Crippen LogP contribution in [0.3, 0.4) is 0 Å². The van der Waals surface area contributed by atoms with Gasteiger partial charge in [0.25, 0.3) is 0 Å². The fraction of sp³-hybridized carbons (Fsp3) is 0.0909. The van der Waals surface area contributed by atoms with Gasteiger partial charge in [-0.05, 0) is 12.1 Å². The Morgan fingerprint density at radius 2 is 1.84 bits per heavy atom. The van der Waals surface area contributed by atoms with Gasteiger partial charge in [-0.2, -0.15) is 18.4 Å². The van der Waals surface area contributed by atoms with E-state index in [2.05, 4.69) is 15.0 Å². The van der Waals surface area contributed by atoms with Crippen molar-refractivity contribution in [1.82, 2.24) is 15.0 Å². The molecular formula is C11H5F3N4S. The minimum atomic E-state index is -4.56. The number of pyridine rings is 1. The molecule has 0 saturated heterocycles. The van der Waals surface area contributed by atoms with Gasteiger partial charge in [-0.15, -0.1) is 0 Å². The van der Waals surface area contributed by atoms with E-state index in [9.17, 15) is 13.2 Å². The number of hydrogen-bond acceptors (Lipinski definition) is 5. The van der Waals surface area contributed by atoms with Crippen molar-refractivity contribution in [2.24, 2.45) is 0 Å². The summed E-state index contributed by atoms with van der Waals surface area (Å²) in [6.07, 6.45) is -0.878. The Kier molecular flexibility index (Phi) is 3.66. The van der Waals surface area contributed by atoms with E-state index >= 15 is 0 Å². The summed E-state index contributed by atoms with van der Waals surface area (Å²) in [6.45, 7) is 0. The Labute approximate surface area is 110 Å². The molecule has 96 valence electrons. The molecule has 0 aliphatic heterocycles. The van der Waals surface area contributed by atoms with Gasteiger partial charge in [-0.3, -0.25) is 4.98 Å². The monoisotopic (exact) mass is 282 g/mol. The molecule has 0 N–H and O–H groups in total. The normalized spacial score (nSPS) is 11.1. The predicted molar refractivity (Wildman–Crippen MR) is 60.1 cm³/mol. The Hall–Kier alpha value is -2.14. The van der Waals surface area contributed by atoms with Crippen LogP contribution < -0.4 is 0 Å². The van der Waals surface area contributed by atoms with Crippen LogP contribution in [0, 0.1) is 11.3 Å². The molecule has 0 aliphatic rings. The van der Waals surface area contributed by atoms with Gasteiger partial charge >= 0.3 is 6.18 Å². The summed E-state index contributed by atoms with van der Waals surface area (Å²) in [6, 6.07) is 4.44. The van der Waals surface area contributed by atoms with Crippen LogP contribution >= 0.6 is 11.8 Å². The van der Waals surface area contributed by atoms with Crippen molar-refractivity contribution in [3.05, 3.63) is 42.1 Å². The molecule has 2 aromatic rings. The highest BCUT2D eigenvalue weighted by molar-refractivity contribution is 7.99. The number of nitrogens with zero attached hydrogens (tertiary/aromatic N) is 4. The molecule has 2 rings (SSSR count). The first-order valence-electron chi connectivity index (χ1n) is 4.93. The second-order valence-electron chi connectivity index (χ2n) is 3.27. The lowest BCUT2D eigenvalue weighted by molar-refractivity contribution is -0.143. The van der Waals surface area contributed by atoms with Gasteiger partial charge in [0.15, 0.2) is 11.4 Å². The molecule has 8 heteroatoms. The standard InChI is InChI=1S/C11H5F3N4S/c12-11(13,14)9-8(2-1-3-17-9)19-10-7(6-15)16-4-5-18-10/h1-5H. The van der Waals surface area contributed by atoms with Crippen LogP contribution in [0.1, 0.15) is 11.4 Å². The highest BCUT2D eigenvalue weighted by Gasteiger charge is 2.35. The largest absolute Gasteiger partial charge is 0.434 e. The average Bonchev–Trinajstić information content (AvgIpc) is 2.39. The molecule has 0 fully saturated rings. The summed E-state index contributed by atoms with van der Waals surface area (Å²) in [5, 5.41) is 8.94. The Balaban J connectivity index is 2.43. The Morgan fingerprint density at radius 3 is 2.53 bits per heavy atom. The molecule has 0 radical (unpaired) electrons. The van der Waals surface area contributed by atoms with E-state index in [1.54, 1.807) is 6.07 Å². The maximum Gasteiger partial charge on any atom is 0.434 e. The second kappa shape index (κ2) is 5.24. The Morgan fingerprint density at radius 1 is 1.11 bits per heavy atom. The first-order valence-corrected chi connectivity index (χ1v) is 5.75. The van der Waals surface area contributed by atoms with E-state index in [-0.39, 0.29) is 15.6 Å². The predicted octanol–water partition coefficient (Wildman–Crippen LogP) is 2.91. The molecule has 19 heavy (non-hydrogen) atoms. The fourth-order valence-corrected chi connectivity index (χ4v) is 2.20. The summed E-state index contributed by atoms with van der Waals surface area (Å²) in [5.41, 5.74) is -1.03. The molecule has 0 unspecified atom stereocenters. The smallest absolute Gasteiger partial charge is 0.251 e. The molecular weight excluding hydrogens is 277 g/mol.